The molecule has 0 saturated heterocycles. The summed E-state index contributed by atoms with van der Waals surface area (Å²) in [4.78, 5) is 0. The molecule has 0 radical (unpaired) electrons. The van der Waals surface area contributed by atoms with E-state index < -0.39 is 10.0 Å². The smallest absolute Gasteiger partial charge is 0.209 e. The van der Waals surface area contributed by atoms with Crippen molar-refractivity contribution in [2.75, 3.05) is 30.5 Å². The first-order chi connectivity index (χ1) is 7.92. The molecule has 0 atom stereocenters. The monoisotopic (exact) mass is 259 g/mol. The molecule has 0 spiro atoms. The first kappa shape index (κ1) is 13.6. The zero-order valence-electron chi connectivity index (χ0n) is 9.64. The summed E-state index contributed by atoms with van der Waals surface area (Å²) in [5, 5.41) is 7.92. The molecule has 0 aliphatic carbocycles. The molecule has 1 aromatic carbocycles. The summed E-state index contributed by atoms with van der Waals surface area (Å²) < 4.78 is 26.4. The first-order valence-corrected chi connectivity index (χ1v) is 6.82. The third kappa shape index (κ3) is 4.92. The Hall–Kier alpha value is -1.47. The molecule has 0 heterocycles. The Labute approximate surface area is 101 Å². The summed E-state index contributed by atoms with van der Waals surface area (Å²) in [6, 6.07) is 5.26. The minimum absolute atomic E-state index is 0.0456. The predicted octanol–water partition coefficient (Wildman–Crippen LogP) is 0.368. The molecule has 5 N–H and O–H groups in total. The number of benzene rings is 1. The highest BCUT2D eigenvalue weighted by Crippen LogP contribution is 2.23. The molecule has 6 nitrogen and oxygen atoms in total. The molecule has 7 heteroatoms. The number of rotatable bonds is 6. The van der Waals surface area contributed by atoms with Gasteiger partial charge in [-0.15, -0.1) is 0 Å². The molecule has 96 valence electrons. The predicted molar refractivity (Wildman–Crippen MR) is 68.5 cm³/mol. The zero-order chi connectivity index (χ0) is 12.9. The Morgan fingerprint density at radius 1 is 1.41 bits per heavy atom. The Bertz CT molecular complexity index is 474. The van der Waals surface area contributed by atoms with Gasteiger partial charge in [-0.1, -0.05) is 0 Å². The van der Waals surface area contributed by atoms with E-state index in [4.69, 9.17) is 15.6 Å². The van der Waals surface area contributed by atoms with Crippen molar-refractivity contribution in [1.82, 2.24) is 0 Å². The standard InChI is InChI=1S/C10H17N3O3S/c1-16-8-3-4-10(9(11)7-8)13-5-2-6-17(12,14)15/h3-4,7,13H,2,5-6,11H2,1H3,(H2,12,14,15). The minimum atomic E-state index is -3.39. The molecule has 0 amide bonds. The van der Waals surface area contributed by atoms with Crippen LogP contribution in [0, 0.1) is 0 Å². The molecule has 0 aliphatic rings. The van der Waals surface area contributed by atoms with Crippen molar-refractivity contribution in [1.29, 1.82) is 0 Å². The lowest BCUT2D eigenvalue weighted by atomic mass is 10.2. The second-order valence-electron chi connectivity index (χ2n) is 3.60. The van der Waals surface area contributed by atoms with Gasteiger partial charge in [0.25, 0.3) is 0 Å². The van der Waals surface area contributed by atoms with Crippen molar-refractivity contribution in [2.45, 2.75) is 6.42 Å². The van der Waals surface area contributed by atoms with Crippen molar-refractivity contribution in [3.8, 4) is 5.75 Å². The number of nitrogen functional groups attached to an aromatic ring is 1. The van der Waals surface area contributed by atoms with Crippen LogP contribution in [0.15, 0.2) is 18.2 Å². The average Bonchev–Trinajstić information content (AvgIpc) is 2.24. The van der Waals surface area contributed by atoms with Crippen molar-refractivity contribution in [2.24, 2.45) is 5.14 Å². The fourth-order valence-corrected chi connectivity index (χ4v) is 1.87. The minimum Gasteiger partial charge on any atom is -0.497 e. The van der Waals surface area contributed by atoms with Crippen molar-refractivity contribution in [3.05, 3.63) is 18.2 Å². The molecule has 1 rings (SSSR count). The molecule has 1 aromatic rings. The zero-order valence-corrected chi connectivity index (χ0v) is 10.5. The number of hydrogen-bond donors (Lipinski definition) is 3. The maximum Gasteiger partial charge on any atom is 0.209 e. The quantitative estimate of drug-likeness (QED) is 0.505. The van der Waals surface area contributed by atoms with Crippen molar-refractivity contribution in [3.63, 3.8) is 0 Å². The molecule has 0 saturated carbocycles. The second-order valence-corrected chi connectivity index (χ2v) is 5.33. The van der Waals surface area contributed by atoms with Crippen LogP contribution in [0.25, 0.3) is 0 Å². The molecular weight excluding hydrogens is 242 g/mol. The van der Waals surface area contributed by atoms with E-state index in [9.17, 15) is 8.42 Å². The third-order valence-electron chi connectivity index (χ3n) is 2.18. The van der Waals surface area contributed by atoms with Crippen LogP contribution >= 0.6 is 0 Å². The number of nitrogens with two attached hydrogens (primary N) is 2. The average molecular weight is 259 g/mol. The van der Waals surface area contributed by atoms with Crippen LogP contribution in [0.3, 0.4) is 0 Å². The van der Waals surface area contributed by atoms with Gasteiger partial charge in [-0.25, -0.2) is 13.6 Å². The van der Waals surface area contributed by atoms with E-state index in [1.807, 2.05) is 0 Å². The lowest BCUT2D eigenvalue weighted by molar-refractivity contribution is 0.415. The van der Waals surface area contributed by atoms with Gasteiger partial charge < -0.3 is 15.8 Å². The molecule has 0 aliphatic heterocycles. The van der Waals surface area contributed by atoms with E-state index in [2.05, 4.69) is 5.32 Å². The van der Waals surface area contributed by atoms with Crippen molar-refractivity contribution < 1.29 is 13.2 Å². The van der Waals surface area contributed by atoms with Crippen LogP contribution < -0.4 is 20.9 Å². The van der Waals surface area contributed by atoms with Crippen LogP contribution in [0.5, 0.6) is 5.75 Å². The maximum atomic E-state index is 10.7. The van der Waals surface area contributed by atoms with Gasteiger partial charge in [-0.3, -0.25) is 0 Å². The highest BCUT2D eigenvalue weighted by atomic mass is 32.2. The van der Waals surface area contributed by atoms with E-state index in [-0.39, 0.29) is 5.75 Å². The van der Waals surface area contributed by atoms with Crippen LogP contribution in [-0.4, -0.2) is 27.8 Å². The van der Waals surface area contributed by atoms with Crippen LogP contribution in [0.1, 0.15) is 6.42 Å². The Kier molecular flexibility index (Phi) is 4.59. The van der Waals surface area contributed by atoms with Crippen LogP contribution in [0.4, 0.5) is 11.4 Å². The van der Waals surface area contributed by atoms with Gasteiger partial charge in [0.15, 0.2) is 0 Å². The lowest BCUT2D eigenvalue weighted by Crippen LogP contribution is -2.18. The SMILES string of the molecule is COc1ccc(NCCCS(N)(=O)=O)c(N)c1. The van der Waals surface area contributed by atoms with Gasteiger partial charge in [0.2, 0.25) is 10.0 Å². The van der Waals surface area contributed by atoms with E-state index in [1.54, 1.807) is 25.3 Å². The Morgan fingerprint density at radius 3 is 2.65 bits per heavy atom. The summed E-state index contributed by atoms with van der Waals surface area (Å²) in [7, 11) is -1.83. The van der Waals surface area contributed by atoms with E-state index in [1.165, 1.54) is 0 Å². The number of sulfonamides is 1. The summed E-state index contributed by atoms with van der Waals surface area (Å²) in [6.07, 6.45) is 0.435. The number of methoxy groups -OCH3 is 1. The first-order valence-electron chi connectivity index (χ1n) is 5.10. The molecule has 0 bridgehead atoms. The lowest BCUT2D eigenvalue weighted by Gasteiger charge is -2.10. The number of primary sulfonamides is 1. The normalized spacial score (nSPS) is 11.2. The Morgan fingerprint density at radius 2 is 2.12 bits per heavy atom. The topological polar surface area (TPSA) is 107 Å². The molecular formula is C10H17N3O3S. The highest BCUT2D eigenvalue weighted by Gasteiger charge is 2.03. The largest absolute Gasteiger partial charge is 0.497 e. The maximum absolute atomic E-state index is 10.7. The van der Waals surface area contributed by atoms with E-state index >= 15 is 0 Å². The van der Waals surface area contributed by atoms with Crippen LogP contribution in [0.2, 0.25) is 0 Å². The number of hydrogen-bond acceptors (Lipinski definition) is 5. The van der Waals surface area contributed by atoms with Gasteiger partial charge in [0.1, 0.15) is 5.75 Å². The van der Waals surface area contributed by atoms with Gasteiger partial charge in [0, 0.05) is 12.6 Å². The fourth-order valence-electron chi connectivity index (χ4n) is 1.33. The molecule has 0 aromatic heterocycles. The molecule has 17 heavy (non-hydrogen) atoms. The molecule has 0 unspecified atom stereocenters. The highest BCUT2D eigenvalue weighted by molar-refractivity contribution is 7.89. The van der Waals surface area contributed by atoms with Gasteiger partial charge in [-0.2, -0.15) is 0 Å². The van der Waals surface area contributed by atoms with Gasteiger partial charge in [0.05, 0.1) is 24.2 Å². The summed E-state index contributed by atoms with van der Waals surface area (Å²) in [5.74, 6) is 0.633. The fraction of sp³-hybridized carbons (Fsp3) is 0.400. The Balaban J connectivity index is 2.47. The number of nitrogens with one attached hydrogen (secondary N) is 1. The van der Waals surface area contributed by atoms with Crippen LogP contribution in [-0.2, 0) is 10.0 Å². The third-order valence-corrected chi connectivity index (χ3v) is 3.04. The summed E-state index contributed by atoms with van der Waals surface area (Å²) in [5.41, 5.74) is 7.09. The van der Waals surface area contributed by atoms with E-state index in [0.29, 0.717) is 24.4 Å². The van der Waals surface area contributed by atoms with Gasteiger partial charge >= 0.3 is 0 Å². The van der Waals surface area contributed by atoms with E-state index in [0.717, 1.165) is 5.69 Å². The number of ether oxygens (including phenoxy) is 1. The molecule has 0 fully saturated rings. The van der Waals surface area contributed by atoms with Gasteiger partial charge in [-0.05, 0) is 18.6 Å². The second kappa shape index (κ2) is 5.74. The summed E-state index contributed by atoms with van der Waals surface area (Å²) >= 11 is 0. The number of anilines is 2. The van der Waals surface area contributed by atoms with Crippen molar-refractivity contribution >= 4 is 21.4 Å². The summed E-state index contributed by atoms with van der Waals surface area (Å²) in [6.45, 7) is 0.493.